The van der Waals surface area contributed by atoms with Crippen molar-refractivity contribution in [3.63, 3.8) is 0 Å². The number of aryl methyl sites for hydroxylation is 1. The molecule has 1 atom stereocenters. The lowest BCUT2D eigenvalue weighted by molar-refractivity contribution is 0.196. The molecule has 1 aliphatic heterocycles. The first kappa shape index (κ1) is 25.4. The maximum Gasteiger partial charge on any atom is 0.191 e. The first-order valence-corrected chi connectivity index (χ1v) is 11.0. The minimum Gasteiger partial charge on any atom is -0.489 e. The molecule has 0 bridgehead atoms. The number of hydrogen-bond donors (Lipinski definition) is 2. The molecule has 1 aromatic heterocycles. The van der Waals surface area contributed by atoms with Crippen LogP contribution in [0.3, 0.4) is 0 Å². The Kier molecular flexibility index (Phi) is 11.1. The Bertz CT molecular complexity index is 776. The van der Waals surface area contributed by atoms with Crippen LogP contribution in [0.15, 0.2) is 53.7 Å². The van der Waals surface area contributed by atoms with E-state index in [4.69, 9.17) is 9.73 Å². The number of likely N-dealkylation sites (tertiary alicyclic amines) is 1. The molecule has 1 aromatic carbocycles. The van der Waals surface area contributed by atoms with E-state index in [2.05, 4.69) is 65.6 Å². The van der Waals surface area contributed by atoms with Crippen LogP contribution >= 0.6 is 24.0 Å². The average molecular weight is 537 g/mol. The van der Waals surface area contributed by atoms with Gasteiger partial charge < -0.3 is 15.4 Å². The molecule has 0 spiro atoms. The van der Waals surface area contributed by atoms with Crippen LogP contribution in [0.2, 0.25) is 0 Å². The number of aromatic nitrogens is 1. The van der Waals surface area contributed by atoms with Crippen LogP contribution < -0.4 is 15.4 Å². The fraction of sp³-hybridized carbons (Fsp3) is 0.500. The van der Waals surface area contributed by atoms with Crippen molar-refractivity contribution in [1.29, 1.82) is 0 Å². The van der Waals surface area contributed by atoms with Gasteiger partial charge in [0.25, 0.3) is 0 Å². The third-order valence-electron chi connectivity index (χ3n) is 5.25. The molecule has 2 N–H and O–H groups in total. The van der Waals surface area contributed by atoms with Crippen molar-refractivity contribution in [1.82, 2.24) is 20.5 Å². The van der Waals surface area contributed by atoms with Gasteiger partial charge in [-0.25, -0.2) is 4.99 Å². The lowest BCUT2D eigenvalue weighted by Gasteiger charge is -2.33. The molecule has 0 amide bonds. The molecule has 1 fully saturated rings. The SMILES string of the molecule is CCNC(=NCC(C)Oc1ccc(C)cc1)NC1CCN(Cc2ccccn2)CC1.I. The van der Waals surface area contributed by atoms with Gasteiger partial charge in [0.2, 0.25) is 0 Å². The van der Waals surface area contributed by atoms with Gasteiger partial charge >= 0.3 is 0 Å². The number of halogens is 1. The number of hydrogen-bond acceptors (Lipinski definition) is 4. The topological polar surface area (TPSA) is 61.8 Å². The van der Waals surface area contributed by atoms with Crippen LogP contribution in [0.5, 0.6) is 5.75 Å². The molecule has 1 aliphatic rings. The minimum atomic E-state index is 0. The first-order valence-electron chi connectivity index (χ1n) is 11.0. The van der Waals surface area contributed by atoms with Crippen LogP contribution in [-0.4, -0.2) is 54.2 Å². The lowest BCUT2D eigenvalue weighted by atomic mass is 10.0. The Morgan fingerprint density at radius 1 is 1.19 bits per heavy atom. The van der Waals surface area contributed by atoms with Gasteiger partial charge in [0.15, 0.2) is 5.96 Å². The maximum atomic E-state index is 5.98. The van der Waals surface area contributed by atoms with Gasteiger partial charge in [0.1, 0.15) is 11.9 Å². The number of guanidine groups is 1. The average Bonchev–Trinajstić information content (AvgIpc) is 2.76. The van der Waals surface area contributed by atoms with Crippen molar-refractivity contribution >= 4 is 29.9 Å². The highest BCUT2D eigenvalue weighted by Crippen LogP contribution is 2.14. The Labute approximate surface area is 203 Å². The standard InChI is InChI=1S/C24H35N5O.HI/c1-4-25-24(27-17-20(3)30-23-10-8-19(2)9-11-23)28-21-12-15-29(16-13-21)18-22-7-5-6-14-26-22;/h5-11,14,20-21H,4,12-13,15-18H2,1-3H3,(H2,25,27,28);1H. The highest BCUT2D eigenvalue weighted by Gasteiger charge is 2.20. The number of aliphatic imine (C=N–C) groups is 1. The summed E-state index contributed by atoms with van der Waals surface area (Å²) in [6.45, 7) is 10.8. The second-order valence-corrected chi connectivity index (χ2v) is 7.98. The summed E-state index contributed by atoms with van der Waals surface area (Å²) in [6, 6.07) is 14.7. The third kappa shape index (κ3) is 9.03. The highest BCUT2D eigenvalue weighted by molar-refractivity contribution is 14.0. The zero-order valence-corrected chi connectivity index (χ0v) is 21.2. The summed E-state index contributed by atoms with van der Waals surface area (Å²) < 4.78 is 5.98. The fourth-order valence-electron chi connectivity index (χ4n) is 3.58. The van der Waals surface area contributed by atoms with Crippen molar-refractivity contribution < 1.29 is 4.74 Å². The molecule has 2 heterocycles. The van der Waals surface area contributed by atoms with Crippen LogP contribution in [0.1, 0.15) is 37.9 Å². The molecule has 3 rings (SSSR count). The summed E-state index contributed by atoms with van der Waals surface area (Å²) in [6.07, 6.45) is 4.09. The van der Waals surface area contributed by atoms with Crippen molar-refractivity contribution in [2.24, 2.45) is 4.99 Å². The number of benzene rings is 1. The van der Waals surface area contributed by atoms with Gasteiger partial charge in [-0.15, -0.1) is 24.0 Å². The molecule has 7 heteroatoms. The molecule has 6 nitrogen and oxygen atoms in total. The zero-order chi connectivity index (χ0) is 21.2. The van der Waals surface area contributed by atoms with Gasteiger partial charge in [0, 0.05) is 38.4 Å². The van der Waals surface area contributed by atoms with Crippen LogP contribution in [0.4, 0.5) is 0 Å². The van der Waals surface area contributed by atoms with Crippen LogP contribution in [0, 0.1) is 6.92 Å². The number of nitrogens with zero attached hydrogens (tertiary/aromatic N) is 3. The number of pyridine rings is 1. The number of nitrogens with one attached hydrogen (secondary N) is 2. The normalized spacial score (nSPS) is 16.3. The number of rotatable bonds is 8. The van der Waals surface area contributed by atoms with Crippen LogP contribution in [-0.2, 0) is 6.54 Å². The summed E-state index contributed by atoms with van der Waals surface area (Å²) in [4.78, 5) is 11.7. The molecule has 0 saturated carbocycles. The van der Waals surface area contributed by atoms with Gasteiger partial charge in [0.05, 0.1) is 12.2 Å². The van der Waals surface area contributed by atoms with E-state index < -0.39 is 0 Å². The van der Waals surface area contributed by atoms with E-state index >= 15 is 0 Å². The van der Waals surface area contributed by atoms with Crippen molar-refractivity contribution in [2.45, 2.75) is 52.3 Å². The largest absolute Gasteiger partial charge is 0.489 e. The second-order valence-electron chi connectivity index (χ2n) is 7.98. The van der Waals surface area contributed by atoms with Crippen molar-refractivity contribution in [2.75, 3.05) is 26.2 Å². The predicted molar refractivity (Wildman–Crippen MR) is 138 cm³/mol. The molecular weight excluding hydrogens is 501 g/mol. The Morgan fingerprint density at radius 3 is 2.58 bits per heavy atom. The van der Waals surface area contributed by atoms with E-state index in [0.29, 0.717) is 12.6 Å². The van der Waals surface area contributed by atoms with E-state index in [-0.39, 0.29) is 30.1 Å². The van der Waals surface area contributed by atoms with Gasteiger partial charge in [-0.05, 0) is 57.9 Å². The maximum absolute atomic E-state index is 5.98. The quantitative estimate of drug-likeness (QED) is 0.303. The molecule has 0 radical (unpaired) electrons. The molecule has 31 heavy (non-hydrogen) atoms. The third-order valence-corrected chi connectivity index (χ3v) is 5.25. The fourth-order valence-corrected chi connectivity index (χ4v) is 3.58. The van der Waals surface area contributed by atoms with Gasteiger partial charge in [-0.2, -0.15) is 0 Å². The van der Waals surface area contributed by atoms with Crippen LogP contribution in [0.25, 0.3) is 0 Å². The van der Waals surface area contributed by atoms with E-state index in [1.165, 1.54) is 5.56 Å². The number of ether oxygens (including phenoxy) is 1. The van der Waals surface area contributed by atoms with E-state index in [1.54, 1.807) is 0 Å². The molecular formula is C24H36IN5O. The lowest BCUT2D eigenvalue weighted by Crippen LogP contribution is -2.48. The molecule has 2 aromatic rings. The summed E-state index contributed by atoms with van der Waals surface area (Å²) in [5.74, 6) is 1.77. The number of piperidine rings is 1. The molecule has 1 unspecified atom stereocenters. The molecule has 1 saturated heterocycles. The monoisotopic (exact) mass is 537 g/mol. The summed E-state index contributed by atoms with van der Waals surface area (Å²) in [5.41, 5.74) is 2.37. The Morgan fingerprint density at radius 2 is 1.94 bits per heavy atom. The molecule has 170 valence electrons. The second kappa shape index (κ2) is 13.5. The van der Waals surface area contributed by atoms with E-state index in [1.807, 2.05) is 24.4 Å². The van der Waals surface area contributed by atoms with E-state index in [0.717, 1.165) is 56.4 Å². The van der Waals surface area contributed by atoms with Gasteiger partial charge in [-0.3, -0.25) is 9.88 Å². The smallest absolute Gasteiger partial charge is 0.191 e. The van der Waals surface area contributed by atoms with E-state index in [9.17, 15) is 0 Å². The highest BCUT2D eigenvalue weighted by atomic mass is 127. The zero-order valence-electron chi connectivity index (χ0n) is 18.9. The summed E-state index contributed by atoms with van der Waals surface area (Å²) >= 11 is 0. The predicted octanol–water partition coefficient (Wildman–Crippen LogP) is 4.00. The summed E-state index contributed by atoms with van der Waals surface area (Å²) in [7, 11) is 0. The van der Waals surface area contributed by atoms with Gasteiger partial charge in [-0.1, -0.05) is 23.8 Å². The summed E-state index contributed by atoms with van der Waals surface area (Å²) in [5, 5.41) is 6.98. The Balaban J connectivity index is 0.00000341. The first-order chi connectivity index (χ1) is 14.6. The van der Waals surface area contributed by atoms with Crippen molar-refractivity contribution in [3.8, 4) is 5.75 Å². The molecule has 0 aliphatic carbocycles. The van der Waals surface area contributed by atoms with Crippen molar-refractivity contribution in [3.05, 3.63) is 59.9 Å². The Hall–Kier alpha value is -1.87. The minimum absolute atomic E-state index is 0.